The molecule has 0 aromatic heterocycles. The van der Waals surface area contributed by atoms with E-state index in [9.17, 15) is 0 Å². The summed E-state index contributed by atoms with van der Waals surface area (Å²) in [4.78, 5) is 12.5. The molecule has 0 saturated heterocycles. The Morgan fingerprint density at radius 1 is 0.706 bits per heavy atom. The molecule has 13 heteroatoms. The Bertz CT molecular complexity index is 170. The summed E-state index contributed by atoms with van der Waals surface area (Å²) in [5.41, 5.74) is 3.87. The Morgan fingerprint density at radius 2 is 0.941 bits per heavy atom. The van der Waals surface area contributed by atoms with Gasteiger partial charge < -0.3 is 5.73 Å². The van der Waals surface area contributed by atoms with Gasteiger partial charge in [0.1, 0.15) is 0 Å². The third-order valence-corrected chi connectivity index (χ3v) is 1.40. The van der Waals surface area contributed by atoms with Crippen molar-refractivity contribution in [2.75, 3.05) is 19.8 Å². The van der Waals surface area contributed by atoms with Crippen molar-refractivity contribution in [1.29, 1.82) is 0 Å². The molecule has 0 amide bonds. The second kappa shape index (κ2) is 7.74. The Balaban J connectivity index is 4.23. The molecule has 0 aliphatic carbocycles. The molecule has 0 fully saturated rings. The maximum absolute atomic E-state index is 8.28. The Labute approximate surface area is 94.1 Å². The van der Waals surface area contributed by atoms with Crippen molar-refractivity contribution in [2.24, 2.45) is 5.73 Å². The summed E-state index contributed by atoms with van der Waals surface area (Å²) in [6.07, 6.45) is 0. The Hall–Kier alpha value is -0.520. The van der Waals surface area contributed by atoms with E-state index in [1.165, 1.54) is 0 Å². The third-order valence-electron chi connectivity index (χ3n) is 1.40. The van der Waals surface area contributed by atoms with Crippen molar-refractivity contribution in [3.8, 4) is 0 Å². The first-order valence-corrected chi connectivity index (χ1v) is 3.96. The third kappa shape index (κ3) is 9.21. The number of rotatable bonds is 9. The Morgan fingerprint density at radius 3 is 1.12 bits per heavy atom. The van der Waals surface area contributed by atoms with E-state index in [2.05, 4.69) is 14.5 Å². The van der Waals surface area contributed by atoms with Crippen LogP contribution in [-0.2, 0) is 14.5 Å². The van der Waals surface area contributed by atoms with Crippen LogP contribution in [0.3, 0.4) is 0 Å². The molecule has 0 saturated carbocycles. The van der Waals surface area contributed by atoms with E-state index in [1.807, 2.05) is 0 Å². The predicted octanol–water partition coefficient (Wildman–Crippen LogP) is -2.28. The number of nitrogens with two attached hydrogens (primary N) is 1. The van der Waals surface area contributed by atoms with Crippen molar-refractivity contribution >= 4 is 0 Å². The average molecular weight is 262 g/mol. The Kier molecular flexibility index (Phi) is 7.50. The minimum absolute atomic E-state index is 0.623. The van der Waals surface area contributed by atoms with E-state index in [-0.39, 0.29) is 0 Å². The van der Waals surface area contributed by atoms with Crippen LogP contribution in [0.5, 0.6) is 0 Å². The molecule has 0 aliphatic heterocycles. The van der Waals surface area contributed by atoms with Crippen molar-refractivity contribution in [3.05, 3.63) is 0 Å². The first-order chi connectivity index (χ1) is 7.75. The van der Waals surface area contributed by atoms with Crippen LogP contribution in [0.4, 0.5) is 0 Å². The first-order valence-electron chi connectivity index (χ1n) is 3.96. The van der Waals surface area contributed by atoms with Gasteiger partial charge in [0.05, 0.1) is 41.5 Å². The molecule has 0 rings (SSSR count). The van der Waals surface area contributed by atoms with Crippen LogP contribution in [0.25, 0.3) is 0 Å². The lowest BCUT2D eigenvalue weighted by atomic mass is 10.1. The van der Waals surface area contributed by atoms with Gasteiger partial charge in [-0.1, -0.05) is 0 Å². The molecule has 0 aromatic carbocycles. The summed E-state index contributed by atoms with van der Waals surface area (Å²) in [6, 6.07) is 0. The molecule has 0 spiro atoms. The topological polar surface area (TPSA) is 185 Å². The summed E-state index contributed by atoms with van der Waals surface area (Å²) in [7, 11) is 0. The maximum Gasteiger partial charge on any atom is 0.0962 e. The van der Waals surface area contributed by atoms with E-state index >= 15 is 0 Å². The van der Waals surface area contributed by atoms with Gasteiger partial charge in [0.2, 0.25) is 0 Å². The second-order valence-corrected chi connectivity index (χ2v) is 2.94. The summed E-state index contributed by atoms with van der Waals surface area (Å²) in [5, 5.41) is 47.8. The quantitative estimate of drug-likeness (QED) is 0.220. The highest BCUT2D eigenvalue weighted by molar-refractivity contribution is 4.82. The fourth-order valence-corrected chi connectivity index (χ4v) is 0.684. The molecule has 17 heavy (non-hydrogen) atoms. The zero-order valence-electron chi connectivity index (χ0n) is 8.45. The smallest absolute Gasteiger partial charge is 0.0962 e. The van der Waals surface area contributed by atoms with E-state index in [0.717, 1.165) is 0 Å². The molecule has 13 nitrogen and oxygen atoms in total. The van der Waals surface area contributed by atoms with Crippen molar-refractivity contribution in [1.82, 2.24) is 16.2 Å². The highest BCUT2D eigenvalue weighted by Crippen LogP contribution is 2.05. The van der Waals surface area contributed by atoms with Crippen LogP contribution in [0.2, 0.25) is 0 Å². The van der Waals surface area contributed by atoms with Crippen LogP contribution in [0.1, 0.15) is 0 Å². The zero-order valence-corrected chi connectivity index (χ0v) is 8.45. The highest BCUT2D eigenvalue weighted by Gasteiger charge is 2.30. The van der Waals surface area contributed by atoms with Gasteiger partial charge in [-0.15, -0.1) is 0 Å². The monoisotopic (exact) mass is 262 g/mol. The number of hydrogen-bond donors (Lipinski definition) is 7. The molecule has 0 bridgehead atoms. The fraction of sp³-hybridized carbons (Fsp3) is 1.00. The van der Waals surface area contributed by atoms with Crippen LogP contribution >= 0.6 is 0 Å². The largest absolute Gasteiger partial charge is 0.319 e. The first kappa shape index (κ1) is 16.5. The molecule has 0 radical (unpaired) electrons. The normalized spacial score (nSPS) is 13.1. The average Bonchev–Trinajstić information content (AvgIpc) is 2.21. The number of hydrogen-bond acceptors (Lipinski definition) is 13. The fourth-order valence-electron chi connectivity index (χ4n) is 0.684. The van der Waals surface area contributed by atoms with Crippen LogP contribution < -0.4 is 5.73 Å². The van der Waals surface area contributed by atoms with Crippen molar-refractivity contribution in [3.63, 3.8) is 0 Å². The maximum atomic E-state index is 8.28. The van der Waals surface area contributed by atoms with Gasteiger partial charge in [-0.2, -0.15) is 0 Å². The summed E-state index contributed by atoms with van der Waals surface area (Å²) in [5.74, 6) is 0. The summed E-state index contributed by atoms with van der Waals surface area (Å²) < 4.78 is 0. The molecule has 104 valence electrons. The van der Waals surface area contributed by atoms with Crippen LogP contribution in [-0.4, -0.2) is 72.8 Å². The van der Waals surface area contributed by atoms with Gasteiger partial charge >= 0.3 is 0 Å². The minimum atomic E-state index is -1.66. The lowest BCUT2D eigenvalue weighted by Crippen LogP contribution is -2.55. The molecule has 0 aromatic rings. The predicted molar refractivity (Wildman–Crippen MR) is 41.0 cm³/mol. The molecule has 0 unspecified atom stereocenters. The van der Waals surface area contributed by atoms with E-state index in [4.69, 9.17) is 37.0 Å². The van der Waals surface area contributed by atoms with E-state index < -0.39 is 41.5 Å². The zero-order chi connectivity index (χ0) is 13.5. The van der Waals surface area contributed by atoms with Gasteiger partial charge in [-0.05, 0) is 0 Å². The van der Waals surface area contributed by atoms with Gasteiger partial charge in [0.25, 0.3) is 0 Å². The van der Waals surface area contributed by atoms with Crippen LogP contribution in [0.15, 0.2) is 0 Å². The van der Waals surface area contributed by atoms with Gasteiger partial charge in [0.15, 0.2) is 0 Å². The van der Waals surface area contributed by atoms with Gasteiger partial charge in [-0.3, -0.25) is 31.2 Å². The van der Waals surface area contributed by atoms with E-state index in [0.29, 0.717) is 0 Å². The highest BCUT2D eigenvalue weighted by atomic mass is 17.1. The van der Waals surface area contributed by atoms with Crippen molar-refractivity contribution in [2.45, 2.75) is 5.54 Å². The van der Waals surface area contributed by atoms with Crippen molar-refractivity contribution < 1.29 is 45.8 Å². The summed E-state index contributed by atoms with van der Waals surface area (Å²) >= 11 is 0. The molecular formula is C4H14N4O9. The van der Waals surface area contributed by atoms with Gasteiger partial charge in [-0.25, -0.2) is 14.5 Å². The second-order valence-electron chi connectivity index (χ2n) is 2.94. The standard InChI is InChI=1S/C4H14N4O9/c5-4(1-15-6(9)10,2-16-7(11)12)3-17-8(13)14/h9-14H,1-3,5H2. The lowest BCUT2D eigenvalue weighted by Gasteiger charge is -2.28. The minimum Gasteiger partial charge on any atom is -0.319 e. The molecule has 0 aliphatic rings. The molecular weight excluding hydrogens is 248 g/mol. The number of nitrogens with zero attached hydrogens (tertiary/aromatic N) is 3. The molecule has 0 atom stereocenters. The SMILES string of the molecule is NC(CON(O)O)(CON(O)O)CON(O)O. The van der Waals surface area contributed by atoms with Crippen LogP contribution in [0, 0.1) is 0 Å². The van der Waals surface area contributed by atoms with Gasteiger partial charge in [0, 0.05) is 0 Å². The summed E-state index contributed by atoms with van der Waals surface area (Å²) in [6.45, 7) is -1.87. The lowest BCUT2D eigenvalue weighted by molar-refractivity contribution is -0.516. The molecule has 0 heterocycles. The van der Waals surface area contributed by atoms with E-state index in [1.54, 1.807) is 0 Å². The molecule has 8 N–H and O–H groups in total.